The first kappa shape index (κ1) is 21.3. The number of hydrogen-bond acceptors (Lipinski definition) is 5. The van der Waals surface area contributed by atoms with Gasteiger partial charge in [-0.25, -0.2) is 9.67 Å². The lowest BCUT2D eigenvalue weighted by molar-refractivity contribution is -0.133. The average Bonchev–Trinajstić information content (AvgIpc) is 3.47. The molecule has 0 radical (unpaired) electrons. The lowest BCUT2D eigenvalue weighted by Gasteiger charge is -2.34. The molecule has 0 saturated carbocycles. The number of nitrogens with zero attached hydrogens (tertiary/aromatic N) is 5. The normalized spacial score (nSPS) is 14.1. The highest BCUT2D eigenvalue weighted by molar-refractivity contribution is 7.12. The Morgan fingerprint density at radius 1 is 1.00 bits per heavy atom. The molecule has 0 aliphatic carbocycles. The van der Waals surface area contributed by atoms with Crippen LogP contribution in [0.1, 0.15) is 20.9 Å². The Morgan fingerprint density at radius 2 is 1.79 bits per heavy atom. The topological polar surface area (TPSA) is 71.3 Å². The summed E-state index contributed by atoms with van der Waals surface area (Å²) in [6.07, 6.45) is 1.77. The van der Waals surface area contributed by atoms with Crippen LogP contribution in [-0.4, -0.2) is 62.6 Å². The number of carbonyl (C=O) groups excluding carboxylic acids is 2. The van der Waals surface area contributed by atoms with Crippen molar-refractivity contribution in [3.8, 4) is 11.1 Å². The van der Waals surface area contributed by atoms with E-state index in [1.165, 1.54) is 16.9 Å². The van der Waals surface area contributed by atoms with Gasteiger partial charge in [0.05, 0.1) is 10.6 Å². The molecule has 0 atom stereocenters. The van der Waals surface area contributed by atoms with Crippen molar-refractivity contribution in [3.63, 3.8) is 0 Å². The summed E-state index contributed by atoms with van der Waals surface area (Å²) in [5.74, 6) is 0.0315. The molecule has 4 heterocycles. The van der Waals surface area contributed by atoms with Crippen LogP contribution in [0.4, 0.5) is 0 Å². The molecule has 3 aromatic heterocycles. The number of hydrogen-bond donors (Lipinski definition) is 0. The molecule has 1 aliphatic rings. The standard InChI is InChI=1S/C25H25N5O2S/c1-17-5-3-6-19(15-17)20-8-9-26-24-23(20)18(2)27-30(24)16-22(31)28-10-12-29(13-11-28)25(32)21-7-4-14-33-21/h3-9,14-15H,10-13,16H2,1-2H3. The van der Waals surface area contributed by atoms with Gasteiger partial charge in [-0.15, -0.1) is 11.3 Å². The summed E-state index contributed by atoms with van der Waals surface area (Å²) in [5.41, 5.74) is 4.94. The second kappa shape index (κ2) is 8.78. The molecule has 8 heteroatoms. The molecule has 33 heavy (non-hydrogen) atoms. The minimum Gasteiger partial charge on any atom is -0.338 e. The maximum atomic E-state index is 13.1. The number of rotatable bonds is 4. The Kier molecular flexibility index (Phi) is 5.68. The highest BCUT2D eigenvalue weighted by atomic mass is 32.1. The Labute approximate surface area is 196 Å². The van der Waals surface area contributed by atoms with Crippen LogP contribution in [-0.2, 0) is 11.3 Å². The molecule has 7 nitrogen and oxygen atoms in total. The number of amides is 2. The monoisotopic (exact) mass is 459 g/mol. The molecule has 1 aliphatic heterocycles. The number of carbonyl (C=O) groups is 2. The van der Waals surface area contributed by atoms with Crippen LogP contribution in [0.5, 0.6) is 0 Å². The van der Waals surface area contributed by atoms with Crippen molar-refractivity contribution in [2.24, 2.45) is 0 Å². The number of pyridine rings is 1. The fourth-order valence-electron chi connectivity index (χ4n) is 4.39. The summed E-state index contributed by atoms with van der Waals surface area (Å²) in [7, 11) is 0. The average molecular weight is 460 g/mol. The summed E-state index contributed by atoms with van der Waals surface area (Å²) in [4.78, 5) is 34.5. The van der Waals surface area contributed by atoms with Gasteiger partial charge in [0, 0.05) is 37.8 Å². The summed E-state index contributed by atoms with van der Waals surface area (Å²) >= 11 is 1.45. The van der Waals surface area contributed by atoms with Crippen molar-refractivity contribution >= 4 is 34.2 Å². The summed E-state index contributed by atoms with van der Waals surface area (Å²) in [5, 5.41) is 7.53. The molecule has 2 amide bonds. The molecule has 0 N–H and O–H groups in total. The van der Waals surface area contributed by atoms with Crippen molar-refractivity contribution in [2.75, 3.05) is 26.2 Å². The zero-order chi connectivity index (χ0) is 22.9. The van der Waals surface area contributed by atoms with Crippen molar-refractivity contribution < 1.29 is 9.59 Å². The molecule has 1 fully saturated rings. The van der Waals surface area contributed by atoms with Crippen molar-refractivity contribution in [3.05, 3.63) is 70.2 Å². The minimum atomic E-state index is -0.00891. The van der Waals surface area contributed by atoms with E-state index in [1.807, 2.05) is 46.4 Å². The third-order valence-corrected chi connectivity index (χ3v) is 6.93. The molecule has 168 valence electrons. The van der Waals surface area contributed by atoms with E-state index in [0.29, 0.717) is 31.8 Å². The number of fused-ring (bicyclic) bond motifs is 1. The third-order valence-electron chi connectivity index (χ3n) is 6.07. The zero-order valence-corrected chi connectivity index (χ0v) is 19.5. The summed E-state index contributed by atoms with van der Waals surface area (Å²) in [6, 6.07) is 14.1. The van der Waals surface area contributed by atoms with Crippen LogP contribution in [0.25, 0.3) is 22.2 Å². The van der Waals surface area contributed by atoms with Crippen LogP contribution in [0.3, 0.4) is 0 Å². The van der Waals surface area contributed by atoms with E-state index < -0.39 is 0 Å². The molecular formula is C25H25N5O2S. The van der Waals surface area contributed by atoms with Gasteiger partial charge in [-0.1, -0.05) is 35.9 Å². The van der Waals surface area contributed by atoms with E-state index in [4.69, 9.17) is 0 Å². The molecule has 1 saturated heterocycles. The van der Waals surface area contributed by atoms with E-state index in [2.05, 4.69) is 35.2 Å². The lowest BCUT2D eigenvalue weighted by Crippen LogP contribution is -2.51. The van der Waals surface area contributed by atoms with Gasteiger partial charge in [0.1, 0.15) is 6.54 Å². The van der Waals surface area contributed by atoms with Crippen LogP contribution in [0.15, 0.2) is 54.0 Å². The van der Waals surface area contributed by atoms with Gasteiger partial charge in [0.15, 0.2) is 5.65 Å². The Morgan fingerprint density at radius 3 is 2.52 bits per heavy atom. The number of thiophene rings is 1. The summed E-state index contributed by atoms with van der Waals surface area (Å²) in [6.45, 7) is 6.29. The largest absolute Gasteiger partial charge is 0.338 e. The van der Waals surface area contributed by atoms with Crippen LogP contribution in [0.2, 0.25) is 0 Å². The van der Waals surface area contributed by atoms with Gasteiger partial charge in [0.2, 0.25) is 5.91 Å². The Balaban J connectivity index is 1.32. The summed E-state index contributed by atoms with van der Waals surface area (Å²) < 4.78 is 1.70. The van der Waals surface area contributed by atoms with Gasteiger partial charge in [-0.3, -0.25) is 9.59 Å². The van der Waals surface area contributed by atoms with Crippen LogP contribution < -0.4 is 0 Å². The van der Waals surface area contributed by atoms with Crippen molar-refractivity contribution in [1.82, 2.24) is 24.6 Å². The molecule has 4 aromatic rings. The van der Waals surface area contributed by atoms with Gasteiger partial charge in [0.25, 0.3) is 5.91 Å². The lowest BCUT2D eigenvalue weighted by atomic mass is 10.0. The fourth-order valence-corrected chi connectivity index (χ4v) is 5.08. The number of aromatic nitrogens is 3. The maximum absolute atomic E-state index is 13.1. The Hall–Kier alpha value is -3.52. The number of benzene rings is 1. The van der Waals surface area contributed by atoms with Crippen LogP contribution >= 0.6 is 11.3 Å². The van der Waals surface area contributed by atoms with E-state index in [0.717, 1.165) is 27.1 Å². The maximum Gasteiger partial charge on any atom is 0.264 e. The highest BCUT2D eigenvalue weighted by Gasteiger charge is 2.26. The first-order chi connectivity index (χ1) is 16.0. The molecule has 0 unspecified atom stereocenters. The van der Waals surface area contributed by atoms with Crippen molar-refractivity contribution in [1.29, 1.82) is 0 Å². The van der Waals surface area contributed by atoms with Gasteiger partial charge >= 0.3 is 0 Å². The third kappa shape index (κ3) is 4.14. The predicted octanol–water partition coefficient (Wildman–Crippen LogP) is 3.76. The van der Waals surface area contributed by atoms with E-state index in [9.17, 15) is 9.59 Å². The molecule has 1 aromatic carbocycles. The molecule has 5 rings (SSSR count). The minimum absolute atomic E-state index is 0.00891. The Bertz CT molecular complexity index is 1320. The highest BCUT2D eigenvalue weighted by Crippen LogP contribution is 2.30. The van der Waals surface area contributed by atoms with Gasteiger partial charge < -0.3 is 9.80 Å². The molecule has 0 spiro atoms. The first-order valence-electron chi connectivity index (χ1n) is 11.0. The SMILES string of the molecule is Cc1cccc(-c2ccnc3c2c(C)nn3CC(=O)N2CCN(C(=O)c3cccs3)CC2)c1. The van der Waals surface area contributed by atoms with E-state index >= 15 is 0 Å². The predicted molar refractivity (Wildman–Crippen MR) is 129 cm³/mol. The van der Waals surface area contributed by atoms with Crippen molar-refractivity contribution in [2.45, 2.75) is 20.4 Å². The van der Waals surface area contributed by atoms with Gasteiger partial charge in [-0.2, -0.15) is 5.10 Å². The number of piperazine rings is 1. The second-order valence-corrected chi connectivity index (χ2v) is 9.27. The van der Waals surface area contributed by atoms with E-state index in [1.54, 1.807) is 10.9 Å². The number of aryl methyl sites for hydroxylation is 2. The zero-order valence-electron chi connectivity index (χ0n) is 18.7. The fraction of sp³-hybridized carbons (Fsp3) is 0.280. The second-order valence-electron chi connectivity index (χ2n) is 8.32. The first-order valence-corrected chi connectivity index (χ1v) is 11.9. The smallest absolute Gasteiger partial charge is 0.264 e. The molecule has 0 bridgehead atoms. The van der Waals surface area contributed by atoms with Gasteiger partial charge in [-0.05, 0) is 42.5 Å². The molecular weight excluding hydrogens is 434 g/mol. The quantitative estimate of drug-likeness (QED) is 0.466. The van der Waals surface area contributed by atoms with Crippen LogP contribution in [0, 0.1) is 13.8 Å². The van der Waals surface area contributed by atoms with E-state index in [-0.39, 0.29) is 18.4 Å².